The molecule has 1 N–H and O–H groups in total. The second-order valence-corrected chi connectivity index (χ2v) is 4.13. The lowest BCUT2D eigenvalue weighted by atomic mass is 10.2. The highest BCUT2D eigenvalue weighted by Crippen LogP contribution is 2.23. The number of carboxylic acid groups (broad SMARTS) is 1. The van der Waals surface area contributed by atoms with Gasteiger partial charge in [-0.3, -0.25) is 0 Å². The van der Waals surface area contributed by atoms with Gasteiger partial charge in [-0.1, -0.05) is 22.0 Å². The topological polar surface area (TPSA) is 40.5 Å². The normalized spacial score (nSPS) is 10.6. The predicted molar refractivity (Wildman–Crippen MR) is 65.1 cm³/mol. The summed E-state index contributed by atoms with van der Waals surface area (Å²) in [7, 11) is 3.91. The van der Waals surface area contributed by atoms with Crippen LogP contribution in [0, 0.1) is 0 Å². The molecule has 0 aromatic heterocycles. The highest BCUT2D eigenvalue weighted by molar-refractivity contribution is 9.10. The first-order valence-corrected chi connectivity index (χ1v) is 5.18. The summed E-state index contributed by atoms with van der Waals surface area (Å²) in [6, 6.07) is 5.76. The number of halogens is 1. The largest absolute Gasteiger partial charge is 0.478 e. The minimum absolute atomic E-state index is 0.850. The van der Waals surface area contributed by atoms with Crippen LogP contribution in [0.25, 0.3) is 6.08 Å². The fraction of sp³-hybridized carbons (Fsp3) is 0.182. The summed E-state index contributed by atoms with van der Waals surface area (Å²) in [5.41, 5.74) is 1.91. The van der Waals surface area contributed by atoms with Crippen molar-refractivity contribution in [1.82, 2.24) is 0 Å². The Bertz CT molecular complexity index is 400. The molecule has 0 saturated carbocycles. The van der Waals surface area contributed by atoms with E-state index in [9.17, 15) is 4.79 Å². The van der Waals surface area contributed by atoms with Gasteiger partial charge < -0.3 is 10.0 Å². The second kappa shape index (κ2) is 4.98. The molecule has 0 bridgehead atoms. The number of aliphatic carboxylic acids is 1. The Kier molecular flexibility index (Phi) is 3.91. The molecule has 1 rings (SSSR count). The van der Waals surface area contributed by atoms with E-state index in [2.05, 4.69) is 15.9 Å². The number of rotatable bonds is 3. The van der Waals surface area contributed by atoms with Gasteiger partial charge in [0, 0.05) is 30.3 Å². The van der Waals surface area contributed by atoms with E-state index in [1.54, 1.807) is 6.08 Å². The van der Waals surface area contributed by atoms with Crippen LogP contribution < -0.4 is 4.90 Å². The average molecular weight is 270 g/mol. The molecule has 1 aromatic carbocycles. The van der Waals surface area contributed by atoms with Crippen molar-refractivity contribution in [2.75, 3.05) is 19.0 Å². The first-order chi connectivity index (χ1) is 7.00. The molecule has 0 aliphatic heterocycles. The zero-order chi connectivity index (χ0) is 11.4. The number of hydrogen-bond donors (Lipinski definition) is 1. The van der Waals surface area contributed by atoms with E-state index >= 15 is 0 Å². The second-order valence-electron chi connectivity index (χ2n) is 3.27. The molecule has 1 aromatic rings. The van der Waals surface area contributed by atoms with Gasteiger partial charge in [-0.15, -0.1) is 0 Å². The van der Waals surface area contributed by atoms with E-state index in [-0.39, 0.29) is 0 Å². The van der Waals surface area contributed by atoms with Crippen LogP contribution in [-0.2, 0) is 4.79 Å². The molecular weight excluding hydrogens is 258 g/mol. The number of carbonyl (C=O) groups is 1. The molecule has 0 aliphatic carbocycles. The van der Waals surface area contributed by atoms with E-state index in [0.717, 1.165) is 21.8 Å². The Morgan fingerprint density at radius 1 is 1.47 bits per heavy atom. The van der Waals surface area contributed by atoms with Crippen molar-refractivity contribution in [1.29, 1.82) is 0 Å². The SMILES string of the molecule is CN(C)c1ccc(/C=C/C(=O)O)c(Br)c1. The molecule has 80 valence electrons. The summed E-state index contributed by atoms with van der Waals surface area (Å²) in [6.45, 7) is 0. The third-order valence-corrected chi connectivity index (χ3v) is 2.59. The number of carboxylic acids is 1. The fourth-order valence-corrected chi connectivity index (χ4v) is 1.59. The highest BCUT2D eigenvalue weighted by Gasteiger charge is 2.00. The summed E-state index contributed by atoms with van der Waals surface area (Å²) >= 11 is 3.39. The number of nitrogens with zero attached hydrogens (tertiary/aromatic N) is 1. The average Bonchev–Trinajstić information content (AvgIpc) is 2.15. The van der Waals surface area contributed by atoms with E-state index in [4.69, 9.17) is 5.11 Å². The van der Waals surface area contributed by atoms with Gasteiger partial charge in [0.1, 0.15) is 0 Å². The lowest BCUT2D eigenvalue weighted by Crippen LogP contribution is -2.08. The Labute approximate surface area is 97.1 Å². The van der Waals surface area contributed by atoms with Crippen molar-refractivity contribution >= 4 is 33.7 Å². The molecule has 0 saturated heterocycles. The zero-order valence-corrected chi connectivity index (χ0v) is 10.2. The predicted octanol–water partition coefficient (Wildman–Crippen LogP) is 2.61. The van der Waals surface area contributed by atoms with Crippen LogP contribution in [-0.4, -0.2) is 25.2 Å². The van der Waals surface area contributed by atoms with Gasteiger partial charge >= 0.3 is 5.97 Å². The van der Waals surface area contributed by atoms with Crippen LogP contribution in [0.3, 0.4) is 0 Å². The van der Waals surface area contributed by atoms with Gasteiger partial charge in [-0.2, -0.15) is 0 Å². The van der Waals surface area contributed by atoms with Crippen molar-refractivity contribution in [2.24, 2.45) is 0 Å². The van der Waals surface area contributed by atoms with Crippen LogP contribution in [0.5, 0.6) is 0 Å². The minimum atomic E-state index is -0.946. The smallest absolute Gasteiger partial charge is 0.328 e. The number of hydrogen-bond acceptors (Lipinski definition) is 2. The monoisotopic (exact) mass is 269 g/mol. The summed E-state index contributed by atoms with van der Waals surface area (Å²) in [5, 5.41) is 8.50. The summed E-state index contributed by atoms with van der Waals surface area (Å²) < 4.78 is 0.881. The van der Waals surface area contributed by atoms with Gasteiger partial charge in [0.2, 0.25) is 0 Å². The molecule has 3 nitrogen and oxygen atoms in total. The number of benzene rings is 1. The zero-order valence-electron chi connectivity index (χ0n) is 8.57. The van der Waals surface area contributed by atoms with Crippen molar-refractivity contribution < 1.29 is 9.90 Å². The first kappa shape index (κ1) is 11.8. The maximum Gasteiger partial charge on any atom is 0.328 e. The molecule has 0 amide bonds. The molecule has 0 radical (unpaired) electrons. The highest BCUT2D eigenvalue weighted by atomic mass is 79.9. The van der Waals surface area contributed by atoms with Crippen LogP contribution >= 0.6 is 15.9 Å². The first-order valence-electron chi connectivity index (χ1n) is 4.38. The van der Waals surface area contributed by atoms with Crippen molar-refractivity contribution in [2.45, 2.75) is 0 Å². The summed E-state index contributed by atoms with van der Waals surface area (Å²) in [4.78, 5) is 12.3. The van der Waals surface area contributed by atoms with Crippen molar-refractivity contribution in [3.8, 4) is 0 Å². The van der Waals surface area contributed by atoms with E-state index < -0.39 is 5.97 Å². The molecule has 0 unspecified atom stereocenters. The van der Waals surface area contributed by atoms with Gasteiger partial charge in [0.05, 0.1) is 0 Å². The third-order valence-electron chi connectivity index (χ3n) is 1.91. The van der Waals surface area contributed by atoms with E-state index in [1.807, 2.05) is 37.2 Å². The molecule has 15 heavy (non-hydrogen) atoms. The molecule has 0 aliphatic rings. The van der Waals surface area contributed by atoms with Crippen LogP contribution in [0.1, 0.15) is 5.56 Å². The van der Waals surface area contributed by atoms with Gasteiger partial charge in [-0.25, -0.2) is 4.79 Å². The van der Waals surface area contributed by atoms with Gasteiger partial charge in [-0.05, 0) is 23.8 Å². The molecule has 0 heterocycles. The molecule has 0 fully saturated rings. The van der Waals surface area contributed by atoms with Crippen LogP contribution in [0.4, 0.5) is 5.69 Å². The lowest BCUT2D eigenvalue weighted by molar-refractivity contribution is -0.131. The molecule has 0 atom stereocenters. The third kappa shape index (κ3) is 3.40. The molecule has 0 spiro atoms. The summed E-state index contributed by atoms with van der Waals surface area (Å²) in [5.74, 6) is -0.946. The Balaban J connectivity index is 2.98. The molecular formula is C11H12BrNO2. The van der Waals surface area contributed by atoms with Crippen molar-refractivity contribution in [3.63, 3.8) is 0 Å². The number of anilines is 1. The van der Waals surface area contributed by atoms with Gasteiger partial charge in [0.25, 0.3) is 0 Å². The van der Waals surface area contributed by atoms with Crippen LogP contribution in [0.2, 0.25) is 0 Å². The standard InChI is InChI=1S/C11H12BrNO2/c1-13(2)9-5-3-8(10(12)7-9)4-6-11(14)15/h3-7H,1-2H3,(H,14,15)/b6-4+. The Hall–Kier alpha value is -1.29. The molecule has 4 heteroatoms. The van der Waals surface area contributed by atoms with Crippen molar-refractivity contribution in [3.05, 3.63) is 34.3 Å². The van der Waals surface area contributed by atoms with Crippen LogP contribution in [0.15, 0.2) is 28.7 Å². The van der Waals surface area contributed by atoms with Gasteiger partial charge in [0.15, 0.2) is 0 Å². The Morgan fingerprint density at radius 2 is 2.13 bits per heavy atom. The lowest BCUT2D eigenvalue weighted by Gasteiger charge is -2.13. The minimum Gasteiger partial charge on any atom is -0.478 e. The van der Waals surface area contributed by atoms with E-state index in [0.29, 0.717) is 0 Å². The Morgan fingerprint density at radius 3 is 2.60 bits per heavy atom. The quantitative estimate of drug-likeness (QED) is 0.858. The maximum absolute atomic E-state index is 10.3. The summed E-state index contributed by atoms with van der Waals surface area (Å²) in [6.07, 6.45) is 2.68. The maximum atomic E-state index is 10.3. The van der Waals surface area contributed by atoms with E-state index in [1.165, 1.54) is 0 Å². The fourth-order valence-electron chi connectivity index (χ4n) is 1.09.